The van der Waals surface area contributed by atoms with E-state index in [-0.39, 0.29) is 17.7 Å². The molecule has 1 heterocycles. The van der Waals surface area contributed by atoms with Crippen molar-refractivity contribution < 1.29 is 19.0 Å². The van der Waals surface area contributed by atoms with Gasteiger partial charge in [-0.3, -0.25) is 4.79 Å². The number of nitrogens with one attached hydrogen (secondary N) is 1. The fourth-order valence-corrected chi connectivity index (χ4v) is 5.15. The van der Waals surface area contributed by atoms with Gasteiger partial charge in [-0.2, -0.15) is 0 Å². The lowest BCUT2D eigenvalue weighted by Crippen LogP contribution is -2.33. The molecule has 0 aliphatic heterocycles. The number of carboxylic acids is 1. The van der Waals surface area contributed by atoms with Gasteiger partial charge in [-0.1, -0.05) is 13.8 Å². The summed E-state index contributed by atoms with van der Waals surface area (Å²) in [6.07, 6.45) is 3.26. The highest BCUT2D eigenvalue weighted by Crippen LogP contribution is 2.43. The molecule has 7 heteroatoms. The number of carbonyl (C=O) groups is 1. The topological polar surface area (TPSA) is 101 Å². The van der Waals surface area contributed by atoms with Gasteiger partial charge in [0.1, 0.15) is 5.82 Å². The van der Waals surface area contributed by atoms with E-state index in [9.17, 15) is 14.3 Å². The standard InChI is InChI=1S/C26H30FN3O3/c1-26(2,14-33-3)24-21(10-15-8-16(9-15)25(31)32)20-12-22(29)17(13-28)11-23(20)30(24)19-6-4-18(27)5-7-19/h4-7,11-13,15-16,28H,8-10,14,29H2,1-3H3,(H,31,32). The summed E-state index contributed by atoms with van der Waals surface area (Å²) in [5.74, 6) is -1.07. The Morgan fingerprint density at radius 2 is 1.97 bits per heavy atom. The summed E-state index contributed by atoms with van der Waals surface area (Å²) in [5.41, 5.74) is 10.8. The van der Waals surface area contributed by atoms with Crippen LogP contribution in [-0.2, 0) is 21.4 Å². The van der Waals surface area contributed by atoms with Crippen LogP contribution in [0.25, 0.3) is 16.6 Å². The van der Waals surface area contributed by atoms with E-state index in [0.29, 0.717) is 30.7 Å². The fourth-order valence-electron chi connectivity index (χ4n) is 5.15. The first-order valence-corrected chi connectivity index (χ1v) is 11.1. The monoisotopic (exact) mass is 451 g/mol. The highest BCUT2D eigenvalue weighted by Gasteiger charge is 2.38. The number of carboxylic acid groups (broad SMARTS) is 1. The number of nitrogens with zero attached hydrogens (tertiary/aromatic N) is 1. The van der Waals surface area contributed by atoms with Crippen molar-refractivity contribution in [2.24, 2.45) is 11.8 Å². The minimum absolute atomic E-state index is 0.263. The normalized spacial score (nSPS) is 18.3. The van der Waals surface area contributed by atoms with Crippen molar-refractivity contribution >= 4 is 28.8 Å². The lowest BCUT2D eigenvalue weighted by molar-refractivity contribution is -0.146. The molecule has 4 N–H and O–H groups in total. The maximum Gasteiger partial charge on any atom is 0.306 e. The number of halogens is 1. The van der Waals surface area contributed by atoms with Crippen LogP contribution in [0, 0.1) is 23.1 Å². The molecule has 2 aromatic carbocycles. The van der Waals surface area contributed by atoms with E-state index < -0.39 is 11.4 Å². The number of benzene rings is 2. The number of ether oxygens (including phenoxy) is 1. The van der Waals surface area contributed by atoms with Gasteiger partial charge in [-0.05, 0) is 67.1 Å². The van der Waals surface area contributed by atoms with E-state index >= 15 is 0 Å². The number of anilines is 1. The SMILES string of the molecule is COCC(C)(C)c1c(CC2CC(C(=O)O)C2)c2cc(N)c(C=N)cc2n1-c1ccc(F)cc1. The van der Waals surface area contributed by atoms with Crippen LogP contribution in [0.3, 0.4) is 0 Å². The van der Waals surface area contributed by atoms with Crippen molar-refractivity contribution in [3.05, 3.63) is 59.0 Å². The van der Waals surface area contributed by atoms with Gasteiger partial charge in [0.2, 0.25) is 0 Å². The molecule has 0 unspecified atom stereocenters. The molecule has 0 radical (unpaired) electrons. The number of nitrogen functional groups attached to an aromatic ring is 1. The molecule has 0 amide bonds. The Kier molecular flexibility index (Phi) is 6.01. The van der Waals surface area contributed by atoms with Gasteiger partial charge in [-0.25, -0.2) is 4.39 Å². The number of hydrogen-bond acceptors (Lipinski definition) is 4. The number of aliphatic carboxylic acids is 1. The molecule has 0 saturated heterocycles. The molecule has 6 nitrogen and oxygen atoms in total. The fraction of sp³-hybridized carbons (Fsp3) is 0.385. The zero-order chi connectivity index (χ0) is 23.9. The number of aromatic nitrogens is 1. The molecule has 1 aliphatic carbocycles. The molecule has 1 aromatic heterocycles. The predicted octanol–water partition coefficient (Wildman–Crippen LogP) is 4.93. The van der Waals surface area contributed by atoms with Gasteiger partial charge < -0.3 is 25.6 Å². The van der Waals surface area contributed by atoms with Crippen LogP contribution in [-0.4, -0.2) is 35.6 Å². The van der Waals surface area contributed by atoms with Crippen LogP contribution in [0.2, 0.25) is 0 Å². The molecule has 174 valence electrons. The Morgan fingerprint density at radius 1 is 1.30 bits per heavy atom. The van der Waals surface area contributed by atoms with E-state index in [0.717, 1.165) is 34.3 Å². The molecule has 0 atom stereocenters. The van der Waals surface area contributed by atoms with Gasteiger partial charge in [0.15, 0.2) is 0 Å². The van der Waals surface area contributed by atoms with Crippen molar-refractivity contribution in [3.63, 3.8) is 0 Å². The molecule has 1 fully saturated rings. The molecule has 0 bridgehead atoms. The molecule has 3 aromatic rings. The lowest BCUT2D eigenvalue weighted by atomic mass is 9.71. The van der Waals surface area contributed by atoms with Gasteiger partial charge in [0, 0.05) is 46.8 Å². The maximum atomic E-state index is 13.8. The minimum atomic E-state index is -0.736. The number of methoxy groups -OCH3 is 1. The summed E-state index contributed by atoms with van der Waals surface area (Å²) in [4.78, 5) is 11.3. The summed E-state index contributed by atoms with van der Waals surface area (Å²) in [6, 6.07) is 10.2. The van der Waals surface area contributed by atoms with Crippen molar-refractivity contribution in [1.82, 2.24) is 4.57 Å². The zero-order valence-electron chi connectivity index (χ0n) is 19.2. The third kappa shape index (κ3) is 4.13. The first kappa shape index (κ1) is 23.0. The van der Waals surface area contributed by atoms with Crippen molar-refractivity contribution in [1.29, 1.82) is 5.41 Å². The quantitative estimate of drug-likeness (QED) is 0.334. The molecular weight excluding hydrogens is 421 g/mol. The van der Waals surface area contributed by atoms with Gasteiger partial charge in [0.25, 0.3) is 0 Å². The smallest absolute Gasteiger partial charge is 0.306 e. The van der Waals surface area contributed by atoms with Crippen molar-refractivity contribution in [3.8, 4) is 5.69 Å². The summed E-state index contributed by atoms with van der Waals surface area (Å²) in [6.45, 7) is 4.68. The molecule has 1 saturated carbocycles. The Labute approximate surface area is 192 Å². The Morgan fingerprint density at radius 3 is 2.55 bits per heavy atom. The highest BCUT2D eigenvalue weighted by atomic mass is 19.1. The maximum absolute atomic E-state index is 13.8. The second kappa shape index (κ2) is 8.63. The average molecular weight is 452 g/mol. The van der Waals surface area contributed by atoms with Crippen LogP contribution in [0.4, 0.5) is 10.1 Å². The zero-order valence-corrected chi connectivity index (χ0v) is 19.2. The summed E-state index contributed by atoms with van der Waals surface area (Å²) >= 11 is 0. The van der Waals surface area contributed by atoms with Crippen LogP contribution >= 0.6 is 0 Å². The van der Waals surface area contributed by atoms with E-state index in [1.54, 1.807) is 19.2 Å². The summed E-state index contributed by atoms with van der Waals surface area (Å²) in [7, 11) is 1.67. The van der Waals surface area contributed by atoms with Crippen molar-refractivity contribution in [2.45, 2.75) is 38.5 Å². The van der Waals surface area contributed by atoms with E-state index in [1.807, 2.05) is 12.1 Å². The largest absolute Gasteiger partial charge is 0.481 e. The first-order valence-electron chi connectivity index (χ1n) is 11.1. The average Bonchev–Trinajstić information content (AvgIpc) is 3.03. The lowest BCUT2D eigenvalue weighted by Gasteiger charge is -2.34. The highest BCUT2D eigenvalue weighted by molar-refractivity contribution is 5.98. The third-order valence-electron chi connectivity index (χ3n) is 6.74. The third-order valence-corrected chi connectivity index (χ3v) is 6.74. The summed E-state index contributed by atoms with van der Waals surface area (Å²) < 4.78 is 21.4. The van der Waals surface area contributed by atoms with Gasteiger partial charge >= 0.3 is 5.97 Å². The van der Waals surface area contributed by atoms with Crippen LogP contribution in [0.1, 0.15) is 43.5 Å². The second-order valence-electron chi connectivity index (χ2n) is 9.68. The summed E-state index contributed by atoms with van der Waals surface area (Å²) in [5, 5.41) is 18.1. The number of rotatable bonds is 8. The molecular formula is C26H30FN3O3. The van der Waals surface area contributed by atoms with Crippen LogP contribution in [0.5, 0.6) is 0 Å². The molecule has 33 heavy (non-hydrogen) atoms. The molecule has 0 spiro atoms. The number of nitrogens with two attached hydrogens (primary N) is 1. The Bertz CT molecular complexity index is 1210. The predicted molar refractivity (Wildman–Crippen MR) is 128 cm³/mol. The first-order chi connectivity index (χ1) is 15.7. The second-order valence-corrected chi connectivity index (χ2v) is 9.68. The molecule has 4 rings (SSSR count). The van der Waals surface area contributed by atoms with Crippen LogP contribution in [0.15, 0.2) is 36.4 Å². The molecule has 1 aliphatic rings. The Hall–Kier alpha value is -3.19. The number of fused-ring (bicyclic) bond motifs is 1. The van der Waals surface area contributed by atoms with E-state index in [4.69, 9.17) is 15.9 Å². The van der Waals surface area contributed by atoms with Crippen LogP contribution < -0.4 is 5.73 Å². The van der Waals surface area contributed by atoms with E-state index in [1.165, 1.54) is 18.3 Å². The van der Waals surface area contributed by atoms with Gasteiger partial charge in [0.05, 0.1) is 18.0 Å². The van der Waals surface area contributed by atoms with Gasteiger partial charge in [-0.15, -0.1) is 0 Å². The van der Waals surface area contributed by atoms with Crippen molar-refractivity contribution in [2.75, 3.05) is 19.5 Å². The minimum Gasteiger partial charge on any atom is -0.481 e. The van der Waals surface area contributed by atoms with E-state index in [2.05, 4.69) is 18.4 Å². The Balaban J connectivity index is 1.99. The number of hydrogen-bond donors (Lipinski definition) is 3.